The molecule has 0 saturated carbocycles. The number of aliphatic hydroxyl groups excluding tert-OH is 1. The molecule has 2 aromatic carbocycles. The van der Waals surface area contributed by atoms with E-state index in [1.54, 1.807) is 30.3 Å². The van der Waals surface area contributed by atoms with Crippen LogP contribution in [0.3, 0.4) is 0 Å². The molecule has 3 rings (SSSR count). The third-order valence-electron chi connectivity index (χ3n) is 3.69. The van der Waals surface area contributed by atoms with E-state index in [4.69, 9.17) is 16.3 Å². The number of hydrogen-bond donors (Lipinski definition) is 1. The molecule has 0 radical (unpaired) electrons. The Morgan fingerprint density at radius 2 is 1.83 bits per heavy atom. The Morgan fingerprint density at radius 3 is 2.54 bits per heavy atom. The average molecular weight is 345 g/mol. The first-order valence-corrected chi connectivity index (χ1v) is 7.95. The number of ether oxygens (including phenoxy) is 1. The number of rotatable bonds is 5. The molecular formula is C18H17ClN2O3. The van der Waals surface area contributed by atoms with Crippen molar-refractivity contribution in [3.63, 3.8) is 0 Å². The molecule has 5 nitrogen and oxygen atoms in total. The number of benzene rings is 2. The number of aliphatic hydroxyl groups is 1. The van der Waals surface area contributed by atoms with E-state index in [1.807, 2.05) is 25.1 Å². The van der Waals surface area contributed by atoms with Crippen molar-refractivity contribution < 1.29 is 9.84 Å². The molecule has 0 aliphatic rings. The summed E-state index contributed by atoms with van der Waals surface area (Å²) in [6, 6.07) is 14.2. The predicted molar refractivity (Wildman–Crippen MR) is 93.7 cm³/mol. The highest BCUT2D eigenvalue weighted by atomic mass is 35.5. The number of halogens is 1. The molecular weight excluding hydrogens is 328 g/mol. The Balaban J connectivity index is 1.73. The van der Waals surface area contributed by atoms with Gasteiger partial charge in [-0.25, -0.2) is 4.68 Å². The van der Waals surface area contributed by atoms with Gasteiger partial charge in [0.25, 0.3) is 5.56 Å². The van der Waals surface area contributed by atoms with Gasteiger partial charge in [0.2, 0.25) is 0 Å². The van der Waals surface area contributed by atoms with Gasteiger partial charge in [0.05, 0.1) is 17.6 Å². The highest BCUT2D eigenvalue weighted by Gasteiger charge is 2.12. The number of aromatic nitrogens is 2. The fourth-order valence-electron chi connectivity index (χ4n) is 2.50. The van der Waals surface area contributed by atoms with Crippen LogP contribution in [0.5, 0.6) is 5.75 Å². The second-order valence-corrected chi connectivity index (χ2v) is 5.97. The molecule has 1 N–H and O–H groups in total. The van der Waals surface area contributed by atoms with E-state index in [-0.39, 0.29) is 18.7 Å². The molecule has 0 aliphatic heterocycles. The molecule has 6 heteroatoms. The van der Waals surface area contributed by atoms with Gasteiger partial charge in [-0.15, -0.1) is 0 Å². The summed E-state index contributed by atoms with van der Waals surface area (Å²) in [5.74, 6) is 0.605. The Bertz CT molecular complexity index is 906. The summed E-state index contributed by atoms with van der Waals surface area (Å²) in [6.45, 7) is 1.97. The standard InChI is InChI=1S/C18H17ClN2O3/c1-12-16-4-2-3-5-17(16)18(23)21(20-12)10-14(22)11-24-15-8-6-13(19)7-9-15/h2-9,14,22H,10-11H2,1H3. The molecule has 0 saturated heterocycles. The van der Waals surface area contributed by atoms with Crippen LogP contribution in [0.15, 0.2) is 53.3 Å². The van der Waals surface area contributed by atoms with Crippen molar-refractivity contribution >= 4 is 22.4 Å². The summed E-state index contributed by atoms with van der Waals surface area (Å²) >= 11 is 5.81. The summed E-state index contributed by atoms with van der Waals surface area (Å²) in [4.78, 5) is 12.5. The molecule has 0 spiro atoms. The maximum absolute atomic E-state index is 12.5. The van der Waals surface area contributed by atoms with Crippen LogP contribution in [0.25, 0.3) is 10.8 Å². The number of hydrogen-bond acceptors (Lipinski definition) is 4. The lowest BCUT2D eigenvalue weighted by Gasteiger charge is -2.14. The second kappa shape index (κ2) is 7.03. The van der Waals surface area contributed by atoms with E-state index in [1.165, 1.54) is 4.68 Å². The normalized spacial score (nSPS) is 12.3. The topological polar surface area (TPSA) is 64.3 Å². The van der Waals surface area contributed by atoms with E-state index in [9.17, 15) is 9.90 Å². The fraction of sp³-hybridized carbons (Fsp3) is 0.222. The zero-order chi connectivity index (χ0) is 17.1. The molecule has 0 bridgehead atoms. The largest absolute Gasteiger partial charge is 0.491 e. The molecule has 1 heterocycles. The van der Waals surface area contributed by atoms with Crippen LogP contribution in [0, 0.1) is 6.92 Å². The first-order chi connectivity index (χ1) is 11.5. The minimum atomic E-state index is -0.855. The highest BCUT2D eigenvalue weighted by molar-refractivity contribution is 6.30. The van der Waals surface area contributed by atoms with Gasteiger partial charge in [-0.05, 0) is 37.3 Å². The van der Waals surface area contributed by atoms with Gasteiger partial charge < -0.3 is 9.84 Å². The van der Waals surface area contributed by atoms with Crippen LogP contribution in [0.4, 0.5) is 0 Å². The molecule has 1 atom stereocenters. The monoisotopic (exact) mass is 344 g/mol. The van der Waals surface area contributed by atoms with Crippen molar-refractivity contribution in [2.24, 2.45) is 0 Å². The minimum absolute atomic E-state index is 0.0572. The average Bonchev–Trinajstić information content (AvgIpc) is 2.59. The van der Waals surface area contributed by atoms with E-state index >= 15 is 0 Å². The number of nitrogens with zero attached hydrogens (tertiary/aromatic N) is 2. The van der Waals surface area contributed by atoms with Crippen molar-refractivity contribution in [2.45, 2.75) is 19.6 Å². The zero-order valence-corrected chi connectivity index (χ0v) is 13.9. The Kier molecular flexibility index (Phi) is 4.83. The van der Waals surface area contributed by atoms with Crippen LogP contribution in [-0.4, -0.2) is 27.6 Å². The van der Waals surface area contributed by atoms with Gasteiger partial charge in [-0.3, -0.25) is 4.79 Å². The molecule has 3 aromatic rings. The Labute approximate surface area is 144 Å². The Hall–Kier alpha value is -2.37. The van der Waals surface area contributed by atoms with Crippen molar-refractivity contribution in [1.82, 2.24) is 9.78 Å². The number of fused-ring (bicyclic) bond motifs is 1. The van der Waals surface area contributed by atoms with Gasteiger partial charge in [0, 0.05) is 10.4 Å². The van der Waals surface area contributed by atoms with Crippen LogP contribution in [0.1, 0.15) is 5.69 Å². The van der Waals surface area contributed by atoms with E-state index in [0.717, 1.165) is 11.1 Å². The van der Waals surface area contributed by atoms with Crippen molar-refractivity contribution in [1.29, 1.82) is 0 Å². The molecule has 24 heavy (non-hydrogen) atoms. The van der Waals surface area contributed by atoms with Gasteiger partial charge in [-0.1, -0.05) is 29.8 Å². The smallest absolute Gasteiger partial charge is 0.274 e. The molecule has 1 aromatic heterocycles. The lowest BCUT2D eigenvalue weighted by Crippen LogP contribution is -2.32. The summed E-state index contributed by atoms with van der Waals surface area (Å²) in [5.41, 5.74) is 0.526. The second-order valence-electron chi connectivity index (χ2n) is 5.54. The van der Waals surface area contributed by atoms with Gasteiger partial charge in [0.1, 0.15) is 18.5 Å². The molecule has 0 amide bonds. The third kappa shape index (κ3) is 3.58. The molecule has 0 fully saturated rings. The van der Waals surface area contributed by atoms with Crippen molar-refractivity contribution in [2.75, 3.05) is 6.61 Å². The highest BCUT2D eigenvalue weighted by Crippen LogP contribution is 2.16. The minimum Gasteiger partial charge on any atom is -0.491 e. The number of aryl methyl sites for hydroxylation is 1. The summed E-state index contributed by atoms with van der Waals surface area (Å²) < 4.78 is 6.79. The zero-order valence-electron chi connectivity index (χ0n) is 13.1. The maximum atomic E-state index is 12.5. The maximum Gasteiger partial charge on any atom is 0.274 e. The summed E-state index contributed by atoms with van der Waals surface area (Å²) in [5, 5.41) is 16.5. The quantitative estimate of drug-likeness (QED) is 0.773. The summed E-state index contributed by atoms with van der Waals surface area (Å²) in [7, 11) is 0. The van der Waals surface area contributed by atoms with E-state index < -0.39 is 6.10 Å². The van der Waals surface area contributed by atoms with E-state index in [2.05, 4.69) is 5.10 Å². The third-order valence-corrected chi connectivity index (χ3v) is 3.94. The molecule has 124 valence electrons. The van der Waals surface area contributed by atoms with Crippen LogP contribution >= 0.6 is 11.6 Å². The first-order valence-electron chi connectivity index (χ1n) is 7.57. The van der Waals surface area contributed by atoms with Gasteiger partial charge >= 0.3 is 0 Å². The van der Waals surface area contributed by atoms with Gasteiger partial charge in [0.15, 0.2) is 0 Å². The lowest BCUT2D eigenvalue weighted by molar-refractivity contribution is 0.0880. The predicted octanol–water partition coefficient (Wildman–Crippen LogP) is 2.80. The van der Waals surface area contributed by atoms with Crippen molar-refractivity contribution in [3.8, 4) is 5.75 Å². The van der Waals surface area contributed by atoms with Crippen LogP contribution < -0.4 is 10.3 Å². The summed E-state index contributed by atoms with van der Waals surface area (Å²) in [6.07, 6.45) is -0.855. The van der Waals surface area contributed by atoms with E-state index in [0.29, 0.717) is 16.2 Å². The molecule has 0 aliphatic carbocycles. The fourth-order valence-corrected chi connectivity index (χ4v) is 2.63. The first kappa shape index (κ1) is 16.5. The lowest BCUT2D eigenvalue weighted by atomic mass is 10.1. The van der Waals surface area contributed by atoms with Crippen molar-refractivity contribution in [3.05, 3.63) is 69.6 Å². The van der Waals surface area contributed by atoms with Crippen LogP contribution in [0.2, 0.25) is 5.02 Å². The Morgan fingerprint density at radius 1 is 1.17 bits per heavy atom. The SMILES string of the molecule is Cc1nn(CC(O)COc2ccc(Cl)cc2)c(=O)c2ccccc12. The van der Waals surface area contributed by atoms with Crippen LogP contribution in [-0.2, 0) is 6.54 Å². The molecule has 1 unspecified atom stereocenters. The van der Waals surface area contributed by atoms with Gasteiger partial charge in [-0.2, -0.15) is 5.10 Å².